The SMILES string of the molecule is O=C(c1ccccc1)c1cc2c(Br)sc(Br)c2s1. The fourth-order valence-electron chi connectivity index (χ4n) is 1.71. The Morgan fingerprint density at radius 1 is 1.00 bits per heavy atom. The Labute approximate surface area is 129 Å². The van der Waals surface area contributed by atoms with Crippen LogP contribution in [0.4, 0.5) is 0 Å². The summed E-state index contributed by atoms with van der Waals surface area (Å²) in [7, 11) is 0. The van der Waals surface area contributed by atoms with Crippen molar-refractivity contribution in [1.29, 1.82) is 0 Å². The van der Waals surface area contributed by atoms with Gasteiger partial charge in [0.2, 0.25) is 5.78 Å². The Balaban J connectivity index is 2.10. The second-order valence-corrected chi connectivity index (χ2v) is 8.41. The first kappa shape index (κ1) is 12.5. The highest BCUT2D eigenvalue weighted by Crippen LogP contribution is 2.43. The molecule has 2 heterocycles. The maximum atomic E-state index is 12.3. The van der Waals surface area contributed by atoms with Crippen molar-refractivity contribution in [2.24, 2.45) is 0 Å². The highest BCUT2D eigenvalue weighted by molar-refractivity contribution is 9.12. The summed E-state index contributed by atoms with van der Waals surface area (Å²) in [5.41, 5.74) is 0.734. The van der Waals surface area contributed by atoms with Crippen molar-refractivity contribution < 1.29 is 4.79 Å². The minimum Gasteiger partial charge on any atom is -0.288 e. The molecule has 0 saturated carbocycles. The van der Waals surface area contributed by atoms with Crippen molar-refractivity contribution in [3.05, 3.63) is 54.4 Å². The van der Waals surface area contributed by atoms with Crippen molar-refractivity contribution in [1.82, 2.24) is 0 Å². The maximum Gasteiger partial charge on any atom is 0.202 e. The molecule has 0 spiro atoms. The third-order valence-corrected chi connectivity index (χ3v) is 6.68. The molecule has 0 N–H and O–H groups in total. The lowest BCUT2D eigenvalue weighted by Crippen LogP contribution is -1.97. The van der Waals surface area contributed by atoms with Gasteiger partial charge >= 0.3 is 0 Å². The van der Waals surface area contributed by atoms with Gasteiger partial charge in [-0.15, -0.1) is 22.7 Å². The number of hydrogen-bond donors (Lipinski definition) is 0. The molecule has 0 bridgehead atoms. The van der Waals surface area contributed by atoms with Crippen molar-refractivity contribution in [2.75, 3.05) is 0 Å². The van der Waals surface area contributed by atoms with Gasteiger partial charge in [-0.1, -0.05) is 30.3 Å². The largest absolute Gasteiger partial charge is 0.288 e. The van der Waals surface area contributed by atoms with Gasteiger partial charge in [-0.2, -0.15) is 0 Å². The van der Waals surface area contributed by atoms with Crippen LogP contribution in [-0.2, 0) is 0 Å². The molecule has 90 valence electrons. The summed E-state index contributed by atoms with van der Waals surface area (Å²) in [5.74, 6) is 0.0839. The Kier molecular flexibility index (Phi) is 3.40. The third kappa shape index (κ3) is 2.09. The van der Waals surface area contributed by atoms with Crippen LogP contribution in [0.25, 0.3) is 10.1 Å². The van der Waals surface area contributed by atoms with E-state index in [0.717, 1.165) is 28.1 Å². The van der Waals surface area contributed by atoms with Gasteiger partial charge in [-0.05, 0) is 37.9 Å². The predicted molar refractivity (Wildman–Crippen MR) is 85.0 cm³/mol. The molecule has 0 aliphatic carbocycles. The molecule has 3 rings (SSSR count). The number of ketones is 1. The monoisotopic (exact) mass is 400 g/mol. The molecule has 0 fully saturated rings. The van der Waals surface area contributed by atoms with Crippen molar-refractivity contribution in [3.63, 3.8) is 0 Å². The average Bonchev–Trinajstić information content (AvgIpc) is 2.93. The number of carbonyl (C=O) groups is 1. The van der Waals surface area contributed by atoms with Crippen LogP contribution in [0.5, 0.6) is 0 Å². The summed E-state index contributed by atoms with van der Waals surface area (Å²) in [6.07, 6.45) is 0. The summed E-state index contributed by atoms with van der Waals surface area (Å²) in [6, 6.07) is 11.3. The van der Waals surface area contributed by atoms with Gasteiger partial charge in [0.15, 0.2) is 0 Å². The Bertz CT molecular complexity index is 694. The van der Waals surface area contributed by atoms with E-state index in [-0.39, 0.29) is 5.78 Å². The molecule has 0 aliphatic rings. The van der Waals surface area contributed by atoms with Crippen LogP contribution in [0.2, 0.25) is 0 Å². The smallest absolute Gasteiger partial charge is 0.202 e. The fraction of sp³-hybridized carbons (Fsp3) is 0. The first-order valence-electron chi connectivity index (χ1n) is 5.14. The van der Waals surface area contributed by atoms with Gasteiger partial charge in [0.25, 0.3) is 0 Å². The number of benzene rings is 1. The fourth-order valence-corrected chi connectivity index (χ4v) is 6.13. The highest BCUT2D eigenvalue weighted by atomic mass is 79.9. The first-order chi connectivity index (χ1) is 8.66. The number of hydrogen-bond acceptors (Lipinski definition) is 3. The summed E-state index contributed by atoms with van der Waals surface area (Å²) >= 11 is 10.2. The minimum atomic E-state index is 0.0839. The van der Waals surface area contributed by atoms with Crippen LogP contribution in [-0.4, -0.2) is 5.78 Å². The topological polar surface area (TPSA) is 17.1 Å². The molecule has 0 amide bonds. The van der Waals surface area contributed by atoms with E-state index in [1.807, 2.05) is 36.4 Å². The van der Waals surface area contributed by atoms with Gasteiger partial charge in [-0.25, -0.2) is 0 Å². The lowest BCUT2D eigenvalue weighted by molar-refractivity contribution is 0.104. The van der Waals surface area contributed by atoms with E-state index in [1.54, 1.807) is 11.3 Å². The molecule has 1 aromatic carbocycles. The summed E-state index contributed by atoms with van der Waals surface area (Å²) < 4.78 is 3.26. The molecule has 0 saturated heterocycles. The third-order valence-electron chi connectivity index (χ3n) is 2.56. The quantitative estimate of drug-likeness (QED) is 0.502. The van der Waals surface area contributed by atoms with E-state index >= 15 is 0 Å². The Morgan fingerprint density at radius 3 is 2.39 bits per heavy atom. The highest BCUT2D eigenvalue weighted by Gasteiger charge is 2.17. The molecule has 5 heteroatoms. The van der Waals surface area contributed by atoms with Gasteiger partial charge in [0.05, 0.1) is 17.1 Å². The standard InChI is InChI=1S/C13H6Br2OS2/c14-12-8-6-9(17-11(8)13(15)18-12)10(16)7-4-2-1-3-5-7/h1-6H. The van der Waals surface area contributed by atoms with Crippen LogP contribution in [0.1, 0.15) is 15.2 Å². The molecule has 18 heavy (non-hydrogen) atoms. The van der Waals surface area contributed by atoms with E-state index < -0.39 is 0 Å². The predicted octanol–water partition coefficient (Wildman–Crippen LogP) is 5.72. The Hall–Kier alpha value is -0.490. The number of carbonyl (C=O) groups excluding carboxylic acids is 1. The molecule has 0 unspecified atom stereocenters. The average molecular weight is 402 g/mol. The van der Waals surface area contributed by atoms with Crippen LogP contribution < -0.4 is 0 Å². The molecule has 0 radical (unpaired) electrons. The zero-order valence-corrected chi connectivity index (χ0v) is 13.7. The molecule has 0 atom stereocenters. The molecule has 3 aromatic rings. The van der Waals surface area contributed by atoms with Crippen LogP contribution in [0.3, 0.4) is 0 Å². The summed E-state index contributed by atoms with van der Waals surface area (Å²) in [5, 5.41) is 1.11. The molecular formula is C13H6Br2OS2. The summed E-state index contributed by atoms with van der Waals surface area (Å²) in [4.78, 5) is 13.1. The number of rotatable bonds is 2. The van der Waals surface area contributed by atoms with E-state index in [4.69, 9.17) is 0 Å². The molecular weight excluding hydrogens is 396 g/mol. The zero-order chi connectivity index (χ0) is 12.7. The van der Waals surface area contributed by atoms with Crippen LogP contribution in [0.15, 0.2) is 44.0 Å². The van der Waals surface area contributed by atoms with E-state index in [0.29, 0.717) is 0 Å². The molecule has 0 aliphatic heterocycles. The van der Waals surface area contributed by atoms with Crippen LogP contribution >= 0.6 is 54.5 Å². The lowest BCUT2D eigenvalue weighted by atomic mass is 10.1. The van der Waals surface area contributed by atoms with E-state index in [1.165, 1.54) is 11.3 Å². The van der Waals surface area contributed by atoms with Crippen molar-refractivity contribution in [2.45, 2.75) is 0 Å². The van der Waals surface area contributed by atoms with Gasteiger partial charge < -0.3 is 0 Å². The number of thiophene rings is 2. The number of fused-ring (bicyclic) bond motifs is 1. The van der Waals surface area contributed by atoms with Crippen molar-refractivity contribution >= 4 is 70.4 Å². The second kappa shape index (κ2) is 4.89. The van der Waals surface area contributed by atoms with Crippen LogP contribution in [0, 0.1) is 0 Å². The second-order valence-electron chi connectivity index (χ2n) is 3.70. The Morgan fingerprint density at radius 2 is 1.72 bits per heavy atom. The van der Waals surface area contributed by atoms with Gasteiger partial charge in [-0.3, -0.25) is 4.79 Å². The lowest BCUT2D eigenvalue weighted by Gasteiger charge is -1.96. The molecule has 1 nitrogen and oxygen atoms in total. The molecule has 2 aromatic heterocycles. The van der Waals surface area contributed by atoms with E-state index in [2.05, 4.69) is 31.9 Å². The maximum absolute atomic E-state index is 12.3. The summed E-state index contributed by atoms with van der Waals surface area (Å²) in [6.45, 7) is 0. The number of halogens is 2. The van der Waals surface area contributed by atoms with E-state index in [9.17, 15) is 4.79 Å². The van der Waals surface area contributed by atoms with Crippen molar-refractivity contribution in [3.8, 4) is 0 Å². The van der Waals surface area contributed by atoms with Gasteiger partial charge in [0, 0.05) is 10.9 Å². The minimum absolute atomic E-state index is 0.0839. The van der Waals surface area contributed by atoms with Gasteiger partial charge in [0.1, 0.15) is 0 Å². The zero-order valence-electron chi connectivity index (χ0n) is 8.94. The normalized spacial score (nSPS) is 11.0. The first-order valence-corrected chi connectivity index (χ1v) is 8.36.